The molecule has 0 heterocycles. The lowest BCUT2D eigenvalue weighted by Crippen LogP contribution is -2.31. The number of hydrogen-bond acceptors (Lipinski definition) is 6. The number of ether oxygens (including phenoxy) is 2. The second-order valence-corrected chi connectivity index (χ2v) is 8.49. The minimum absolute atomic E-state index is 0.0666. The van der Waals surface area contributed by atoms with Crippen LogP contribution in [0.4, 0.5) is 0 Å². The number of methoxy groups -OCH3 is 1. The molecule has 3 N–H and O–H groups in total. The zero-order valence-corrected chi connectivity index (χ0v) is 17.5. The minimum atomic E-state index is -4.02. The Morgan fingerprint density at radius 2 is 1.54 bits per heavy atom. The van der Waals surface area contributed by atoms with E-state index in [1.807, 2.05) is 27.7 Å². The lowest BCUT2D eigenvalue weighted by atomic mass is 10.1. The lowest BCUT2D eigenvalue weighted by molar-refractivity contribution is -0.156. The predicted molar refractivity (Wildman–Crippen MR) is 107 cm³/mol. The summed E-state index contributed by atoms with van der Waals surface area (Å²) >= 11 is 0. The Labute approximate surface area is 166 Å². The van der Waals surface area contributed by atoms with Gasteiger partial charge in [-0.3, -0.25) is 4.55 Å². The molecule has 0 fully saturated rings. The van der Waals surface area contributed by atoms with Crippen molar-refractivity contribution in [3.63, 3.8) is 0 Å². The third-order valence-corrected chi connectivity index (χ3v) is 4.32. The molecule has 1 unspecified atom stereocenters. The number of benzene rings is 2. The van der Waals surface area contributed by atoms with E-state index in [0.29, 0.717) is 5.56 Å². The van der Waals surface area contributed by atoms with E-state index in [4.69, 9.17) is 19.8 Å². The van der Waals surface area contributed by atoms with Gasteiger partial charge >= 0.3 is 5.97 Å². The Bertz CT molecular complexity index is 868. The highest BCUT2D eigenvalue weighted by molar-refractivity contribution is 7.85. The Morgan fingerprint density at radius 1 is 1.04 bits per heavy atom. The highest BCUT2D eigenvalue weighted by Gasteiger charge is 2.23. The molecule has 0 saturated heterocycles. The van der Waals surface area contributed by atoms with Gasteiger partial charge in [-0.1, -0.05) is 29.8 Å². The number of hydrogen-bond donors (Lipinski definition) is 2. The molecule has 0 aromatic heterocycles. The van der Waals surface area contributed by atoms with E-state index in [2.05, 4.69) is 0 Å². The second kappa shape index (κ2) is 9.68. The fourth-order valence-electron chi connectivity index (χ4n) is 2.02. The zero-order valence-electron chi connectivity index (χ0n) is 16.7. The van der Waals surface area contributed by atoms with Gasteiger partial charge in [0.1, 0.15) is 17.4 Å². The summed E-state index contributed by atoms with van der Waals surface area (Å²) in [6.07, 6.45) is 0. The van der Waals surface area contributed by atoms with Crippen molar-refractivity contribution in [3.05, 3.63) is 59.7 Å². The van der Waals surface area contributed by atoms with Crippen molar-refractivity contribution >= 4 is 16.1 Å². The largest absolute Gasteiger partial charge is 0.497 e. The van der Waals surface area contributed by atoms with Crippen molar-refractivity contribution in [3.8, 4) is 5.75 Å². The molecule has 0 bridgehead atoms. The van der Waals surface area contributed by atoms with Crippen LogP contribution in [0, 0.1) is 6.92 Å². The van der Waals surface area contributed by atoms with Gasteiger partial charge in [-0.15, -0.1) is 0 Å². The molecule has 2 aromatic rings. The van der Waals surface area contributed by atoms with Crippen LogP contribution in [0.1, 0.15) is 37.9 Å². The summed E-state index contributed by atoms with van der Waals surface area (Å²) in [6.45, 7) is 7.27. The van der Waals surface area contributed by atoms with Crippen molar-refractivity contribution < 1.29 is 27.2 Å². The van der Waals surface area contributed by atoms with Gasteiger partial charge < -0.3 is 15.2 Å². The maximum atomic E-state index is 11.7. The molecule has 8 heteroatoms. The first-order valence-corrected chi connectivity index (χ1v) is 9.94. The molecule has 0 aliphatic heterocycles. The molecule has 2 rings (SSSR count). The summed E-state index contributed by atoms with van der Waals surface area (Å²) in [4.78, 5) is 11.7. The first-order chi connectivity index (χ1) is 12.8. The van der Waals surface area contributed by atoms with Crippen LogP contribution >= 0.6 is 0 Å². The van der Waals surface area contributed by atoms with Crippen LogP contribution < -0.4 is 10.5 Å². The van der Waals surface area contributed by atoms with Crippen LogP contribution in [0.3, 0.4) is 0 Å². The average molecular weight is 410 g/mol. The van der Waals surface area contributed by atoms with Gasteiger partial charge in [0.2, 0.25) is 0 Å². The number of esters is 1. The van der Waals surface area contributed by atoms with E-state index >= 15 is 0 Å². The first-order valence-electron chi connectivity index (χ1n) is 8.50. The topological polar surface area (TPSA) is 116 Å². The van der Waals surface area contributed by atoms with Crippen LogP contribution in [0.15, 0.2) is 53.4 Å². The van der Waals surface area contributed by atoms with Gasteiger partial charge in [0.25, 0.3) is 10.1 Å². The highest BCUT2D eigenvalue weighted by Crippen LogP contribution is 2.19. The Balaban J connectivity index is 0.000000307. The summed E-state index contributed by atoms with van der Waals surface area (Å²) in [5.74, 6) is 0.299. The van der Waals surface area contributed by atoms with E-state index in [9.17, 15) is 13.2 Å². The smallest absolute Gasteiger partial charge is 0.328 e. The molecular weight excluding hydrogens is 382 g/mol. The normalized spacial score (nSPS) is 12.4. The maximum Gasteiger partial charge on any atom is 0.328 e. The quantitative estimate of drug-likeness (QED) is 0.588. The fraction of sp³-hybridized carbons (Fsp3) is 0.350. The number of rotatable bonds is 4. The van der Waals surface area contributed by atoms with Crippen LogP contribution in [0.25, 0.3) is 0 Å². The SMILES string of the molecule is COc1ccc(C(N)C(=O)OC(C)(C)C)cc1.Cc1ccc(S(=O)(=O)O)cc1. The van der Waals surface area contributed by atoms with Crippen LogP contribution in [-0.2, 0) is 19.6 Å². The van der Waals surface area contributed by atoms with Crippen molar-refractivity contribution in [2.75, 3.05) is 7.11 Å². The molecule has 1 atom stereocenters. The third kappa shape index (κ3) is 8.08. The monoisotopic (exact) mass is 409 g/mol. The summed E-state index contributed by atoms with van der Waals surface area (Å²) in [5, 5.41) is 0. The molecular formula is C20H27NO6S. The molecule has 0 spiro atoms. The molecule has 28 heavy (non-hydrogen) atoms. The molecule has 2 aromatic carbocycles. The van der Waals surface area contributed by atoms with Gasteiger partial charge in [-0.05, 0) is 57.5 Å². The molecule has 154 valence electrons. The summed E-state index contributed by atoms with van der Waals surface area (Å²) in [5.41, 5.74) is 6.96. The number of carbonyl (C=O) groups is 1. The maximum absolute atomic E-state index is 11.7. The third-order valence-electron chi connectivity index (χ3n) is 3.45. The summed E-state index contributed by atoms with van der Waals surface area (Å²) in [7, 11) is -2.43. The van der Waals surface area contributed by atoms with Crippen molar-refractivity contribution in [1.82, 2.24) is 0 Å². The van der Waals surface area contributed by atoms with Gasteiger partial charge in [-0.25, -0.2) is 4.79 Å². The van der Waals surface area contributed by atoms with Gasteiger partial charge in [-0.2, -0.15) is 8.42 Å². The molecule has 7 nitrogen and oxygen atoms in total. The average Bonchev–Trinajstić information content (AvgIpc) is 2.60. The molecule has 0 radical (unpaired) electrons. The first kappa shape index (κ1) is 23.6. The van der Waals surface area contributed by atoms with E-state index < -0.39 is 27.7 Å². The Morgan fingerprint density at radius 3 is 1.93 bits per heavy atom. The molecule has 0 saturated carbocycles. The van der Waals surface area contributed by atoms with Crippen molar-refractivity contribution in [2.45, 2.75) is 44.2 Å². The van der Waals surface area contributed by atoms with Gasteiger partial charge in [0.15, 0.2) is 0 Å². The van der Waals surface area contributed by atoms with Gasteiger partial charge in [0.05, 0.1) is 12.0 Å². The standard InChI is InChI=1S/C13H19NO3.C7H8O3S/c1-13(2,3)17-12(15)11(14)9-5-7-10(16-4)8-6-9;1-6-2-4-7(5-3-6)11(8,9)10/h5-8,11H,14H2,1-4H3;2-5H,1H3,(H,8,9,10). The van der Waals surface area contributed by atoms with Crippen molar-refractivity contribution in [2.24, 2.45) is 5.73 Å². The highest BCUT2D eigenvalue weighted by atomic mass is 32.2. The van der Waals surface area contributed by atoms with E-state index in [-0.39, 0.29) is 4.90 Å². The number of aryl methyl sites for hydroxylation is 1. The number of carbonyl (C=O) groups excluding carboxylic acids is 1. The lowest BCUT2D eigenvalue weighted by Gasteiger charge is -2.22. The summed E-state index contributed by atoms with van der Waals surface area (Å²) in [6, 6.07) is 12.3. The van der Waals surface area contributed by atoms with Crippen LogP contribution in [0.2, 0.25) is 0 Å². The Hall–Kier alpha value is -2.42. The van der Waals surface area contributed by atoms with Crippen LogP contribution in [0.5, 0.6) is 5.75 Å². The molecule has 0 aliphatic carbocycles. The fourth-order valence-corrected chi connectivity index (χ4v) is 2.50. The molecule has 0 aliphatic rings. The van der Waals surface area contributed by atoms with E-state index in [1.54, 1.807) is 43.5 Å². The van der Waals surface area contributed by atoms with Crippen LogP contribution in [-0.4, -0.2) is 31.7 Å². The van der Waals surface area contributed by atoms with Gasteiger partial charge in [0, 0.05) is 0 Å². The van der Waals surface area contributed by atoms with Crippen molar-refractivity contribution in [1.29, 1.82) is 0 Å². The van der Waals surface area contributed by atoms with E-state index in [1.165, 1.54) is 12.1 Å². The summed E-state index contributed by atoms with van der Waals surface area (Å²) < 4.78 is 39.8. The molecule has 0 amide bonds. The zero-order chi connectivity index (χ0) is 21.5. The van der Waals surface area contributed by atoms with E-state index in [0.717, 1.165) is 11.3 Å². The Kier molecular flexibility index (Phi) is 8.16. The predicted octanol–water partition coefficient (Wildman–Crippen LogP) is 3.28. The second-order valence-electron chi connectivity index (χ2n) is 7.07. The number of nitrogens with two attached hydrogens (primary N) is 1. The minimum Gasteiger partial charge on any atom is -0.497 e.